The molecular formula is C17H20N2O3. The van der Waals surface area contributed by atoms with Crippen molar-refractivity contribution >= 4 is 11.8 Å². The third-order valence-electron chi connectivity index (χ3n) is 2.80. The van der Waals surface area contributed by atoms with Crippen LogP contribution in [0.25, 0.3) is 11.1 Å². The van der Waals surface area contributed by atoms with Crippen molar-refractivity contribution < 1.29 is 23.9 Å². The van der Waals surface area contributed by atoms with E-state index in [1.807, 2.05) is 35.8 Å². The Morgan fingerprint density at radius 3 is 2.64 bits per heavy atom. The molecule has 5 nitrogen and oxygen atoms in total. The molecule has 0 fully saturated rings. The third kappa shape index (κ3) is 4.15. The molecule has 0 saturated carbocycles. The van der Waals surface area contributed by atoms with E-state index in [1.54, 1.807) is 18.2 Å². The number of hydrogen-bond acceptors (Lipinski definition) is 4. The van der Waals surface area contributed by atoms with Gasteiger partial charge in [-0.05, 0) is 37.0 Å². The quantitative estimate of drug-likeness (QED) is 0.824. The Morgan fingerprint density at radius 1 is 1.18 bits per heavy atom. The first-order valence-electron chi connectivity index (χ1n) is 9.87. The molecule has 0 bridgehead atoms. The molecule has 0 heterocycles. The number of amides is 1. The van der Waals surface area contributed by atoms with Crippen molar-refractivity contribution in [2.24, 2.45) is 0 Å². The lowest BCUT2D eigenvalue weighted by atomic mass is 10.1. The minimum atomic E-state index is -3.43. The second-order valence-electron chi connectivity index (χ2n) is 4.25. The maximum atomic E-state index is 12.0. The molecule has 2 aromatic rings. The Balaban J connectivity index is 2.19. The van der Waals surface area contributed by atoms with Crippen molar-refractivity contribution in [3.8, 4) is 16.9 Å². The van der Waals surface area contributed by atoms with Crippen molar-refractivity contribution in [3.05, 3.63) is 48.5 Å². The number of carbonyl (C=O) groups excluding carboxylic acids is 1. The van der Waals surface area contributed by atoms with Crippen LogP contribution in [0.1, 0.15) is 23.3 Å². The molecule has 1 amide bonds. The molecule has 5 heteroatoms. The average molecular weight is 307 g/mol. The second kappa shape index (κ2) is 7.36. The highest BCUT2D eigenvalue weighted by Crippen LogP contribution is 2.30. The summed E-state index contributed by atoms with van der Waals surface area (Å²) in [4.78, 5) is 12.0. The number of carbonyl (C=O) groups is 1. The molecule has 0 saturated heterocycles. The lowest BCUT2D eigenvalue weighted by Crippen LogP contribution is -2.31. The van der Waals surface area contributed by atoms with Gasteiger partial charge in [0.15, 0.2) is 0 Å². The van der Waals surface area contributed by atoms with Gasteiger partial charge in [-0.3, -0.25) is 5.43 Å². The minimum Gasteiger partial charge on any atom is -0.495 e. The van der Waals surface area contributed by atoms with Crippen LogP contribution in [-0.4, -0.2) is 19.3 Å². The number of nitrogens with one attached hydrogen (secondary N) is 2. The first-order chi connectivity index (χ1) is 13.4. The van der Waals surface area contributed by atoms with Gasteiger partial charge in [-0.15, -0.1) is 0 Å². The third-order valence-corrected chi connectivity index (χ3v) is 2.80. The summed E-state index contributed by atoms with van der Waals surface area (Å²) in [6.07, 6.45) is -4.87. The highest BCUT2D eigenvalue weighted by Gasteiger charge is 2.08. The number of hydrogen-bond donors (Lipinski definition) is 2. The lowest BCUT2D eigenvalue weighted by Gasteiger charge is -2.15. The molecule has 2 N–H and O–H groups in total. The summed E-state index contributed by atoms with van der Waals surface area (Å²) in [7, 11) is 1.42. The number of methoxy groups -OCH3 is 1. The summed E-state index contributed by atoms with van der Waals surface area (Å²) in [6, 6.07) is 14.5. The number of rotatable bonds is 5. The van der Waals surface area contributed by atoms with Gasteiger partial charge in [0.2, 0.25) is 0 Å². The molecule has 0 aliphatic carbocycles. The Morgan fingerprint density at radius 2 is 1.95 bits per heavy atom. The molecule has 116 valence electrons. The number of hydrazine groups is 1. The molecular weight excluding hydrogens is 280 g/mol. The first-order valence-corrected chi connectivity index (χ1v) is 6.37. The van der Waals surface area contributed by atoms with E-state index < -0.39 is 25.9 Å². The summed E-state index contributed by atoms with van der Waals surface area (Å²) >= 11 is 0. The van der Waals surface area contributed by atoms with Gasteiger partial charge in [0.1, 0.15) is 5.75 Å². The molecule has 22 heavy (non-hydrogen) atoms. The van der Waals surface area contributed by atoms with Gasteiger partial charge in [0.05, 0.1) is 20.2 Å². The van der Waals surface area contributed by atoms with Crippen molar-refractivity contribution in [2.45, 2.75) is 19.8 Å². The van der Waals surface area contributed by atoms with Gasteiger partial charge < -0.3 is 9.47 Å². The predicted octanol–water partition coefficient (Wildman–Crippen LogP) is 3.82. The summed E-state index contributed by atoms with van der Waals surface area (Å²) in [5.74, 6) is 0.355. The second-order valence-corrected chi connectivity index (χ2v) is 4.25. The summed E-state index contributed by atoms with van der Waals surface area (Å²) in [5.41, 5.74) is 6.54. The zero-order valence-corrected chi connectivity index (χ0v) is 11.8. The van der Waals surface area contributed by atoms with Crippen LogP contribution in [0.2, 0.25) is 0 Å². The van der Waals surface area contributed by atoms with Gasteiger partial charge >= 0.3 is 6.09 Å². The molecule has 2 aromatic carbocycles. The van der Waals surface area contributed by atoms with E-state index in [2.05, 4.69) is 10.2 Å². The van der Waals surface area contributed by atoms with Gasteiger partial charge in [-0.25, -0.2) is 10.2 Å². The Labute approximate surface area is 140 Å². The van der Waals surface area contributed by atoms with E-state index in [4.69, 9.17) is 14.3 Å². The minimum absolute atomic E-state index is 0.309. The molecule has 0 aromatic heterocycles. The summed E-state index contributed by atoms with van der Waals surface area (Å²) < 4.78 is 60.9. The Bertz CT molecular complexity index is 840. The van der Waals surface area contributed by atoms with E-state index in [-0.39, 0.29) is 0 Å². The van der Waals surface area contributed by atoms with E-state index in [9.17, 15) is 4.79 Å². The number of anilines is 1. The van der Waals surface area contributed by atoms with Crippen molar-refractivity contribution in [1.82, 2.24) is 5.43 Å². The predicted molar refractivity (Wildman–Crippen MR) is 86.8 cm³/mol. The number of benzene rings is 2. The maximum absolute atomic E-state index is 12.0. The maximum Gasteiger partial charge on any atom is 0.426 e. The van der Waals surface area contributed by atoms with Crippen LogP contribution >= 0.6 is 0 Å². The van der Waals surface area contributed by atoms with Crippen LogP contribution in [-0.2, 0) is 4.74 Å². The van der Waals surface area contributed by atoms with Crippen LogP contribution in [0.4, 0.5) is 10.5 Å². The van der Waals surface area contributed by atoms with E-state index >= 15 is 0 Å². The molecule has 2 rings (SSSR count). The normalized spacial score (nSPS) is 16.5. The summed E-state index contributed by atoms with van der Waals surface area (Å²) in [5, 5.41) is 0. The zero-order chi connectivity index (χ0) is 21.9. The van der Waals surface area contributed by atoms with Gasteiger partial charge in [0, 0.05) is 8.22 Å². The van der Waals surface area contributed by atoms with Crippen molar-refractivity contribution in [3.63, 3.8) is 0 Å². The average Bonchev–Trinajstić information content (AvgIpc) is 2.65. The van der Waals surface area contributed by atoms with Crippen LogP contribution in [0, 0.1) is 0 Å². The van der Waals surface area contributed by atoms with E-state index in [1.165, 1.54) is 7.11 Å². The largest absolute Gasteiger partial charge is 0.495 e. The molecule has 0 aliphatic heterocycles. The molecule has 0 unspecified atom stereocenters. The number of ether oxygens (including phenoxy) is 2. The van der Waals surface area contributed by atoms with Crippen molar-refractivity contribution in [2.75, 3.05) is 12.5 Å². The fraction of sp³-hybridized carbons (Fsp3) is 0.235. The van der Waals surface area contributed by atoms with E-state index in [0.29, 0.717) is 11.4 Å². The fourth-order valence-corrected chi connectivity index (χ4v) is 1.85. The Kier molecular flexibility index (Phi) is 2.90. The fourth-order valence-electron chi connectivity index (χ4n) is 1.85. The zero-order valence-electron chi connectivity index (χ0n) is 18.8. The van der Waals surface area contributed by atoms with Gasteiger partial charge in [0.25, 0.3) is 0 Å². The van der Waals surface area contributed by atoms with Crippen LogP contribution in [0.3, 0.4) is 0 Å². The van der Waals surface area contributed by atoms with E-state index in [0.717, 1.165) is 11.1 Å². The summed E-state index contributed by atoms with van der Waals surface area (Å²) in [6.45, 7) is -6.78. The van der Waals surface area contributed by atoms with Gasteiger partial charge in [-0.1, -0.05) is 36.4 Å². The lowest BCUT2D eigenvalue weighted by molar-refractivity contribution is 0.117. The Hall–Kier alpha value is -2.69. The topological polar surface area (TPSA) is 59.6 Å². The molecule has 0 aliphatic rings. The standard InChI is InChI=1S/C17H20N2O3/c1-12(2)22-17(20)19-18-15-11-14(9-10-16(15)21-3)13-7-5-4-6-8-13/h4-12,18H,1-3H3,(H,19,20)/i1D3,2D3,12D. The van der Waals surface area contributed by atoms with Crippen molar-refractivity contribution in [1.29, 1.82) is 0 Å². The highest BCUT2D eigenvalue weighted by molar-refractivity contribution is 5.74. The highest BCUT2D eigenvalue weighted by atomic mass is 16.6. The SMILES string of the molecule is [2H]C([2H])([2H])C([2H])(OC(=O)NNc1cc(-c2ccccc2)ccc1OC)C([2H])([2H])[2H]. The monoisotopic (exact) mass is 307 g/mol. The van der Waals surface area contributed by atoms with Gasteiger partial charge in [-0.2, -0.15) is 0 Å². The van der Waals surface area contributed by atoms with Crippen LogP contribution in [0.5, 0.6) is 5.75 Å². The first kappa shape index (κ1) is 8.68. The smallest absolute Gasteiger partial charge is 0.426 e. The molecule has 0 radical (unpaired) electrons. The van der Waals surface area contributed by atoms with Crippen LogP contribution in [0.15, 0.2) is 48.5 Å². The molecule has 0 atom stereocenters. The van der Waals surface area contributed by atoms with Crippen LogP contribution < -0.4 is 15.6 Å². The molecule has 0 spiro atoms.